The van der Waals surface area contributed by atoms with E-state index in [2.05, 4.69) is 4.98 Å². The molecule has 1 aromatic heterocycles. The molecule has 0 saturated heterocycles. The van der Waals surface area contributed by atoms with Crippen molar-refractivity contribution in [1.29, 1.82) is 0 Å². The number of nitrogens with zero attached hydrogens (tertiary/aromatic N) is 1. The second-order valence-corrected chi connectivity index (χ2v) is 3.43. The average Bonchev–Trinajstić information content (AvgIpc) is 2.33. The van der Waals surface area contributed by atoms with E-state index in [1.165, 1.54) is 0 Å². The molecule has 0 bridgehead atoms. The number of aryl methyl sites for hydroxylation is 1. The van der Waals surface area contributed by atoms with Crippen molar-refractivity contribution in [2.75, 3.05) is 0 Å². The van der Waals surface area contributed by atoms with E-state index in [4.69, 9.17) is 4.74 Å². The number of pyridine rings is 1. The number of benzene rings is 1. The summed E-state index contributed by atoms with van der Waals surface area (Å²) < 4.78 is 5.51. The van der Waals surface area contributed by atoms with Gasteiger partial charge in [0.2, 0.25) is 5.88 Å². The highest BCUT2D eigenvalue weighted by molar-refractivity contribution is 5.78. The molecule has 0 saturated carbocycles. The van der Waals surface area contributed by atoms with Gasteiger partial charge in [-0.1, -0.05) is 17.7 Å². The summed E-state index contributed by atoms with van der Waals surface area (Å²) in [5.74, 6) is 1.01. The summed E-state index contributed by atoms with van der Waals surface area (Å²) in [6.07, 6.45) is 2.33. The topological polar surface area (TPSA) is 39.2 Å². The minimum Gasteiger partial charge on any atom is -0.438 e. The number of hydrogen-bond acceptors (Lipinski definition) is 3. The van der Waals surface area contributed by atoms with Gasteiger partial charge in [0.15, 0.2) is 6.29 Å². The third kappa shape index (κ3) is 2.25. The smallest absolute Gasteiger partial charge is 0.229 e. The molecule has 1 aromatic carbocycles. The van der Waals surface area contributed by atoms with Crippen LogP contribution in [0.2, 0.25) is 0 Å². The van der Waals surface area contributed by atoms with Crippen LogP contribution in [0.4, 0.5) is 0 Å². The molecule has 3 heteroatoms. The molecule has 1 heterocycles. The highest BCUT2D eigenvalue weighted by atomic mass is 16.5. The predicted octanol–water partition coefficient (Wildman–Crippen LogP) is 2.99. The fourth-order valence-corrected chi connectivity index (χ4v) is 1.30. The van der Waals surface area contributed by atoms with Crippen LogP contribution in [0.15, 0.2) is 42.6 Å². The Bertz CT molecular complexity index is 492. The molecule has 80 valence electrons. The second-order valence-electron chi connectivity index (χ2n) is 3.43. The molecule has 16 heavy (non-hydrogen) atoms. The van der Waals surface area contributed by atoms with Gasteiger partial charge in [-0.2, -0.15) is 0 Å². The number of hydrogen-bond donors (Lipinski definition) is 0. The summed E-state index contributed by atoms with van der Waals surface area (Å²) in [7, 11) is 0. The van der Waals surface area contributed by atoms with E-state index < -0.39 is 0 Å². The van der Waals surface area contributed by atoms with Crippen LogP contribution in [-0.4, -0.2) is 11.3 Å². The Morgan fingerprint density at radius 2 is 1.94 bits per heavy atom. The van der Waals surface area contributed by atoms with Crippen LogP contribution in [0.1, 0.15) is 15.9 Å². The maximum Gasteiger partial charge on any atom is 0.229 e. The highest BCUT2D eigenvalue weighted by Gasteiger charge is 2.04. The monoisotopic (exact) mass is 213 g/mol. The van der Waals surface area contributed by atoms with Crippen molar-refractivity contribution >= 4 is 6.29 Å². The summed E-state index contributed by atoms with van der Waals surface area (Å²) in [6.45, 7) is 2.00. The predicted molar refractivity (Wildman–Crippen MR) is 60.9 cm³/mol. The van der Waals surface area contributed by atoms with Crippen LogP contribution in [0.5, 0.6) is 11.6 Å². The fraction of sp³-hybridized carbons (Fsp3) is 0.0769. The molecular formula is C13H11NO2. The molecule has 2 rings (SSSR count). The lowest BCUT2D eigenvalue weighted by atomic mass is 10.2. The summed E-state index contributed by atoms with van der Waals surface area (Å²) >= 11 is 0. The van der Waals surface area contributed by atoms with Crippen molar-refractivity contribution in [1.82, 2.24) is 4.98 Å². The van der Waals surface area contributed by atoms with Crippen LogP contribution >= 0.6 is 0 Å². The Kier molecular flexibility index (Phi) is 2.96. The van der Waals surface area contributed by atoms with Crippen LogP contribution in [0.25, 0.3) is 0 Å². The summed E-state index contributed by atoms with van der Waals surface area (Å²) in [4.78, 5) is 14.8. The Balaban J connectivity index is 2.26. The third-order valence-electron chi connectivity index (χ3n) is 2.16. The van der Waals surface area contributed by atoms with Crippen molar-refractivity contribution in [3.8, 4) is 11.6 Å². The Morgan fingerprint density at radius 1 is 1.19 bits per heavy atom. The number of carbonyl (C=O) groups excluding carboxylic acids is 1. The molecule has 0 radical (unpaired) electrons. The highest BCUT2D eigenvalue weighted by Crippen LogP contribution is 2.21. The fourth-order valence-electron chi connectivity index (χ4n) is 1.30. The van der Waals surface area contributed by atoms with Gasteiger partial charge >= 0.3 is 0 Å². The van der Waals surface area contributed by atoms with Crippen LogP contribution in [-0.2, 0) is 0 Å². The lowest BCUT2D eigenvalue weighted by Crippen LogP contribution is -1.92. The normalized spacial score (nSPS) is 9.81. The van der Waals surface area contributed by atoms with Crippen LogP contribution in [0, 0.1) is 6.92 Å². The first-order valence-corrected chi connectivity index (χ1v) is 4.94. The van der Waals surface area contributed by atoms with Crippen molar-refractivity contribution in [2.24, 2.45) is 0 Å². The quantitative estimate of drug-likeness (QED) is 0.736. The molecule has 0 aliphatic heterocycles. The van der Waals surface area contributed by atoms with Gasteiger partial charge in [0.1, 0.15) is 5.75 Å². The van der Waals surface area contributed by atoms with Gasteiger partial charge in [-0.25, -0.2) is 4.98 Å². The van der Waals surface area contributed by atoms with Crippen molar-refractivity contribution in [2.45, 2.75) is 6.92 Å². The zero-order valence-electron chi connectivity index (χ0n) is 8.88. The summed E-state index contributed by atoms with van der Waals surface area (Å²) in [5, 5.41) is 0. The Morgan fingerprint density at radius 3 is 2.62 bits per heavy atom. The van der Waals surface area contributed by atoms with Crippen molar-refractivity contribution in [3.63, 3.8) is 0 Å². The van der Waals surface area contributed by atoms with Crippen LogP contribution < -0.4 is 4.74 Å². The Labute approximate surface area is 93.7 Å². The first-order chi connectivity index (χ1) is 7.79. The second kappa shape index (κ2) is 4.57. The van der Waals surface area contributed by atoms with Gasteiger partial charge in [0.25, 0.3) is 0 Å². The number of carbonyl (C=O) groups is 1. The molecule has 0 amide bonds. The molecule has 0 fully saturated rings. The zero-order valence-corrected chi connectivity index (χ0v) is 8.88. The van der Waals surface area contributed by atoms with Crippen molar-refractivity contribution in [3.05, 3.63) is 53.7 Å². The largest absolute Gasteiger partial charge is 0.438 e. The number of aromatic nitrogens is 1. The SMILES string of the molecule is Cc1ccc(Oc2ncccc2C=O)cc1. The third-order valence-corrected chi connectivity index (χ3v) is 2.16. The number of ether oxygens (including phenoxy) is 1. The van der Waals surface area contributed by atoms with E-state index in [1.54, 1.807) is 18.3 Å². The molecule has 0 aliphatic rings. The molecule has 0 atom stereocenters. The number of rotatable bonds is 3. The van der Waals surface area contributed by atoms with Crippen LogP contribution in [0.3, 0.4) is 0 Å². The van der Waals surface area contributed by atoms with E-state index in [9.17, 15) is 4.79 Å². The number of aldehydes is 1. The average molecular weight is 213 g/mol. The lowest BCUT2D eigenvalue weighted by Gasteiger charge is -2.06. The first-order valence-electron chi connectivity index (χ1n) is 4.94. The minimum atomic E-state index is 0.335. The van der Waals surface area contributed by atoms with Crippen molar-refractivity contribution < 1.29 is 9.53 Å². The van der Waals surface area contributed by atoms with Gasteiger partial charge < -0.3 is 4.74 Å². The summed E-state index contributed by atoms with van der Waals surface area (Å²) in [6, 6.07) is 10.9. The van der Waals surface area contributed by atoms with Gasteiger partial charge in [-0.15, -0.1) is 0 Å². The molecule has 0 N–H and O–H groups in total. The zero-order chi connectivity index (χ0) is 11.4. The molecular weight excluding hydrogens is 202 g/mol. The first kappa shape index (κ1) is 10.4. The maximum atomic E-state index is 10.8. The lowest BCUT2D eigenvalue weighted by molar-refractivity contribution is 0.112. The molecule has 0 unspecified atom stereocenters. The van der Waals surface area contributed by atoms with Gasteiger partial charge in [-0.3, -0.25) is 4.79 Å². The van der Waals surface area contributed by atoms with Gasteiger partial charge in [0, 0.05) is 6.20 Å². The summed E-state index contributed by atoms with van der Waals surface area (Å²) in [5.41, 5.74) is 1.60. The van der Waals surface area contributed by atoms with E-state index >= 15 is 0 Å². The van der Waals surface area contributed by atoms with E-state index in [1.807, 2.05) is 31.2 Å². The molecule has 0 spiro atoms. The van der Waals surface area contributed by atoms with E-state index in [0.717, 1.165) is 11.8 Å². The Hall–Kier alpha value is -2.16. The van der Waals surface area contributed by atoms with Gasteiger partial charge in [0.05, 0.1) is 5.56 Å². The standard InChI is InChI=1S/C13H11NO2/c1-10-4-6-12(7-5-10)16-13-11(9-15)3-2-8-14-13/h2-9H,1H3. The minimum absolute atomic E-state index is 0.335. The van der Waals surface area contributed by atoms with Gasteiger partial charge in [-0.05, 0) is 31.2 Å². The maximum absolute atomic E-state index is 10.8. The molecule has 3 nitrogen and oxygen atoms in total. The molecule has 2 aromatic rings. The molecule has 0 aliphatic carbocycles. The van der Waals surface area contributed by atoms with E-state index in [-0.39, 0.29) is 0 Å². The van der Waals surface area contributed by atoms with E-state index in [0.29, 0.717) is 17.2 Å².